The predicted molar refractivity (Wildman–Crippen MR) is 71.7 cm³/mol. The van der Waals surface area contributed by atoms with Gasteiger partial charge in [0.05, 0.1) is 5.71 Å². The minimum atomic E-state index is -4.96. The lowest BCUT2D eigenvalue weighted by molar-refractivity contribution is -0.173. The van der Waals surface area contributed by atoms with Gasteiger partial charge in [-0.2, -0.15) is 18.3 Å². The molecule has 1 amide bonds. The van der Waals surface area contributed by atoms with Crippen LogP contribution < -0.4 is 5.43 Å². The Morgan fingerprint density at radius 3 is 1.71 bits per heavy atom. The van der Waals surface area contributed by atoms with Crippen LogP contribution in [0.2, 0.25) is 0 Å². The zero-order valence-electron chi connectivity index (χ0n) is 10.6. The standard InChI is InChI=1S/C15H9F3N2O/c16-15(17,18)14(21)20-19-13-11-7-3-1-5-9(11)10-6-2-4-8-12(10)13/h1-8H,(H,20,21). The van der Waals surface area contributed by atoms with Gasteiger partial charge in [-0.3, -0.25) is 4.79 Å². The lowest BCUT2D eigenvalue weighted by Crippen LogP contribution is -2.34. The van der Waals surface area contributed by atoms with Crippen LogP contribution in [-0.4, -0.2) is 17.8 Å². The number of carbonyl (C=O) groups is 1. The summed E-state index contributed by atoms with van der Waals surface area (Å²) in [5, 5.41) is 3.67. The van der Waals surface area contributed by atoms with E-state index in [0.29, 0.717) is 16.8 Å². The van der Waals surface area contributed by atoms with Crippen LogP contribution in [0.3, 0.4) is 0 Å². The first-order chi connectivity index (χ1) is 9.98. The average molecular weight is 290 g/mol. The molecule has 0 heterocycles. The number of alkyl halides is 3. The van der Waals surface area contributed by atoms with Gasteiger partial charge in [0, 0.05) is 11.1 Å². The van der Waals surface area contributed by atoms with Crippen LogP contribution in [0.4, 0.5) is 13.2 Å². The van der Waals surface area contributed by atoms with Gasteiger partial charge in [-0.1, -0.05) is 48.5 Å². The molecular formula is C15H9F3N2O. The molecule has 21 heavy (non-hydrogen) atoms. The van der Waals surface area contributed by atoms with Crippen LogP contribution in [0, 0.1) is 0 Å². The van der Waals surface area contributed by atoms with Gasteiger partial charge >= 0.3 is 12.1 Å². The van der Waals surface area contributed by atoms with Crippen molar-refractivity contribution in [2.24, 2.45) is 5.10 Å². The molecule has 0 aromatic heterocycles. The lowest BCUT2D eigenvalue weighted by atomic mass is 10.1. The van der Waals surface area contributed by atoms with Gasteiger partial charge in [0.25, 0.3) is 0 Å². The molecule has 0 radical (unpaired) electrons. The van der Waals surface area contributed by atoms with E-state index in [2.05, 4.69) is 5.10 Å². The Morgan fingerprint density at radius 2 is 1.29 bits per heavy atom. The van der Waals surface area contributed by atoms with Crippen molar-refractivity contribution in [3.63, 3.8) is 0 Å². The number of amides is 1. The fourth-order valence-corrected chi connectivity index (χ4v) is 2.28. The highest BCUT2D eigenvalue weighted by Crippen LogP contribution is 2.36. The monoisotopic (exact) mass is 290 g/mol. The quantitative estimate of drug-likeness (QED) is 0.687. The fraction of sp³-hybridized carbons (Fsp3) is 0.0667. The number of nitrogens with one attached hydrogen (secondary N) is 1. The molecule has 106 valence electrons. The summed E-state index contributed by atoms with van der Waals surface area (Å²) in [6.07, 6.45) is -4.96. The van der Waals surface area contributed by atoms with Crippen molar-refractivity contribution in [1.29, 1.82) is 0 Å². The first-order valence-electron chi connectivity index (χ1n) is 6.12. The Morgan fingerprint density at radius 1 is 0.857 bits per heavy atom. The molecule has 3 rings (SSSR count). The van der Waals surface area contributed by atoms with Crippen molar-refractivity contribution in [1.82, 2.24) is 5.43 Å². The van der Waals surface area contributed by atoms with Crippen LogP contribution in [0.15, 0.2) is 53.6 Å². The average Bonchev–Trinajstić information content (AvgIpc) is 2.78. The number of benzene rings is 2. The van der Waals surface area contributed by atoms with Gasteiger partial charge < -0.3 is 0 Å². The molecule has 0 atom stereocenters. The molecule has 3 nitrogen and oxygen atoms in total. The van der Waals surface area contributed by atoms with Crippen molar-refractivity contribution in [3.8, 4) is 11.1 Å². The van der Waals surface area contributed by atoms with E-state index >= 15 is 0 Å². The molecule has 1 aliphatic rings. The molecule has 2 aromatic carbocycles. The Balaban J connectivity index is 2.05. The van der Waals surface area contributed by atoms with E-state index in [1.165, 1.54) is 0 Å². The molecule has 0 saturated carbocycles. The molecule has 1 aliphatic carbocycles. The van der Waals surface area contributed by atoms with Gasteiger partial charge in [0.2, 0.25) is 0 Å². The first kappa shape index (κ1) is 13.4. The maximum atomic E-state index is 12.2. The molecule has 0 spiro atoms. The van der Waals surface area contributed by atoms with E-state index in [1.54, 1.807) is 29.7 Å². The smallest absolute Gasteiger partial charge is 0.263 e. The molecule has 6 heteroatoms. The summed E-state index contributed by atoms with van der Waals surface area (Å²) < 4.78 is 36.7. The molecule has 0 aliphatic heterocycles. The summed E-state index contributed by atoms with van der Waals surface area (Å²) in [6.45, 7) is 0. The van der Waals surface area contributed by atoms with E-state index in [9.17, 15) is 18.0 Å². The Labute approximate surface area is 118 Å². The van der Waals surface area contributed by atoms with Gasteiger partial charge in [-0.15, -0.1) is 0 Å². The van der Waals surface area contributed by atoms with Crippen molar-refractivity contribution in [3.05, 3.63) is 59.7 Å². The zero-order chi connectivity index (χ0) is 15.0. The maximum Gasteiger partial charge on any atom is 0.473 e. The number of fused-ring (bicyclic) bond motifs is 3. The largest absolute Gasteiger partial charge is 0.473 e. The first-order valence-corrected chi connectivity index (χ1v) is 6.12. The Kier molecular flexibility index (Phi) is 3.01. The van der Waals surface area contributed by atoms with Crippen molar-refractivity contribution >= 4 is 11.6 Å². The van der Waals surface area contributed by atoms with E-state index in [1.807, 2.05) is 24.3 Å². The van der Waals surface area contributed by atoms with Crippen molar-refractivity contribution < 1.29 is 18.0 Å². The minimum Gasteiger partial charge on any atom is -0.263 e. The third-order valence-electron chi connectivity index (χ3n) is 3.18. The second-order valence-electron chi connectivity index (χ2n) is 4.49. The number of rotatable bonds is 1. The fourth-order valence-electron chi connectivity index (χ4n) is 2.28. The third kappa shape index (κ3) is 2.29. The van der Waals surface area contributed by atoms with Crippen molar-refractivity contribution in [2.45, 2.75) is 6.18 Å². The highest BCUT2D eigenvalue weighted by molar-refractivity contribution is 6.24. The molecule has 0 saturated heterocycles. The minimum absolute atomic E-state index is 0.332. The van der Waals surface area contributed by atoms with Crippen LogP contribution >= 0.6 is 0 Å². The highest BCUT2D eigenvalue weighted by Gasteiger charge is 2.39. The summed E-state index contributed by atoms with van der Waals surface area (Å²) in [5.74, 6) is -2.09. The third-order valence-corrected chi connectivity index (χ3v) is 3.18. The number of hydrogen-bond acceptors (Lipinski definition) is 2. The SMILES string of the molecule is O=C(NN=C1c2ccccc2-c2ccccc21)C(F)(F)F. The summed E-state index contributed by atoms with van der Waals surface area (Å²) in [6, 6.07) is 14.5. The van der Waals surface area contributed by atoms with Crippen molar-refractivity contribution in [2.75, 3.05) is 0 Å². The molecular weight excluding hydrogens is 281 g/mol. The van der Waals surface area contributed by atoms with E-state index in [-0.39, 0.29) is 0 Å². The van der Waals surface area contributed by atoms with Gasteiger partial charge in [-0.25, -0.2) is 5.43 Å². The number of nitrogens with zero attached hydrogens (tertiary/aromatic N) is 1. The zero-order valence-corrected chi connectivity index (χ0v) is 10.6. The number of carbonyl (C=O) groups excluding carboxylic acids is 1. The van der Waals surface area contributed by atoms with Gasteiger partial charge in [0.15, 0.2) is 0 Å². The van der Waals surface area contributed by atoms with Crippen LogP contribution in [-0.2, 0) is 4.79 Å². The van der Waals surface area contributed by atoms with E-state index in [4.69, 9.17) is 0 Å². The van der Waals surface area contributed by atoms with Crippen LogP contribution in [0.5, 0.6) is 0 Å². The second-order valence-corrected chi connectivity index (χ2v) is 4.49. The molecule has 0 bridgehead atoms. The summed E-state index contributed by atoms with van der Waals surface area (Å²) in [5.41, 5.74) is 5.06. The predicted octanol–water partition coefficient (Wildman–Crippen LogP) is 3.10. The molecule has 0 fully saturated rings. The second kappa shape index (κ2) is 4.73. The summed E-state index contributed by atoms with van der Waals surface area (Å²) in [4.78, 5) is 10.9. The van der Waals surface area contributed by atoms with Gasteiger partial charge in [0.1, 0.15) is 0 Å². The number of hydrogen-bond donors (Lipinski definition) is 1. The summed E-state index contributed by atoms with van der Waals surface area (Å²) >= 11 is 0. The molecule has 0 unspecified atom stereocenters. The molecule has 2 aromatic rings. The topological polar surface area (TPSA) is 41.5 Å². The van der Waals surface area contributed by atoms with Crippen LogP contribution in [0.1, 0.15) is 11.1 Å². The van der Waals surface area contributed by atoms with Gasteiger partial charge in [-0.05, 0) is 11.1 Å². The molecule has 1 N–H and O–H groups in total. The normalized spacial score (nSPS) is 12.6. The van der Waals surface area contributed by atoms with E-state index < -0.39 is 12.1 Å². The number of halogens is 3. The van der Waals surface area contributed by atoms with Crippen LogP contribution in [0.25, 0.3) is 11.1 Å². The highest BCUT2D eigenvalue weighted by atomic mass is 19.4. The lowest BCUT2D eigenvalue weighted by Gasteiger charge is -2.05. The summed E-state index contributed by atoms with van der Waals surface area (Å²) in [7, 11) is 0. The van der Waals surface area contributed by atoms with E-state index in [0.717, 1.165) is 11.1 Å². The Bertz CT molecular complexity index is 703. The maximum absolute atomic E-state index is 12.2. The number of hydrazone groups is 1. The Hall–Kier alpha value is -2.63.